The molecule has 1 N–H and O–H groups in total. The third kappa shape index (κ3) is 5.04. The Hall–Kier alpha value is -2.14. The molecule has 0 aliphatic heterocycles. The van der Waals surface area contributed by atoms with Crippen molar-refractivity contribution >= 4 is 11.9 Å². The number of carbonyl (C=O) groups is 2. The monoisotopic (exact) mass is 291 g/mol. The Balaban J connectivity index is 2.79. The van der Waals surface area contributed by atoms with E-state index in [1.165, 1.54) is 14.2 Å². The normalized spacial score (nSPS) is 13.0. The number of methoxy groups -OCH3 is 2. The molecular formula is C16H21NO4. The predicted octanol–water partition coefficient (Wildman–Crippen LogP) is 2.00. The van der Waals surface area contributed by atoms with Crippen LogP contribution in [0.5, 0.6) is 0 Å². The fourth-order valence-electron chi connectivity index (χ4n) is 1.95. The molecule has 2 atom stereocenters. The maximum atomic E-state index is 12.3. The first-order chi connectivity index (χ1) is 10.1. The standard InChI is InChI=1S/C16H21NO4/c1-4-5-11-13(16(19)21-3)17-15(18)14(20-2)12-9-7-6-8-10-12/h4,6-10,13-14H,1,5,11H2,2-3H3,(H,17,18)/t13-,14-/m1/s1. The van der Waals surface area contributed by atoms with E-state index in [1.807, 2.05) is 18.2 Å². The molecular weight excluding hydrogens is 270 g/mol. The van der Waals surface area contributed by atoms with Crippen LogP contribution in [0.25, 0.3) is 0 Å². The average Bonchev–Trinajstić information content (AvgIpc) is 2.52. The molecule has 5 heteroatoms. The fourth-order valence-corrected chi connectivity index (χ4v) is 1.95. The summed E-state index contributed by atoms with van der Waals surface area (Å²) in [6.07, 6.45) is 1.96. The van der Waals surface area contributed by atoms with Gasteiger partial charge in [0.05, 0.1) is 7.11 Å². The summed E-state index contributed by atoms with van der Waals surface area (Å²) in [4.78, 5) is 24.0. The van der Waals surface area contributed by atoms with Crippen molar-refractivity contribution in [3.63, 3.8) is 0 Å². The van der Waals surface area contributed by atoms with E-state index in [0.29, 0.717) is 12.8 Å². The lowest BCUT2D eigenvalue weighted by atomic mass is 10.1. The average molecular weight is 291 g/mol. The highest BCUT2D eigenvalue weighted by Crippen LogP contribution is 2.17. The molecule has 0 aromatic heterocycles. The molecule has 1 rings (SSSR count). The number of ether oxygens (including phenoxy) is 2. The number of carbonyl (C=O) groups excluding carboxylic acids is 2. The van der Waals surface area contributed by atoms with Crippen LogP contribution in [0.2, 0.25) is 0 Å². The Morgan fingerprint density at radius 3 is 2.48 bits per heavy atom. The molecule has 0 heterocycles. The van der Waals surface area contributed by atoms with Gasteiger partial charge in [0.15, 0.2) is 6.10 Å². The number of rotatable bonds is 8. The Bertz CT molecular complexity index is 472. The van der Waals surface area contributed by atoms with Gasteiger partial charge in [0.25, 0.3) is 5.91 Å². The first-order valence-electron chi connectivity index (χ1n) is 6.70. The van der Waals surface area contributed by atoms with Gasteiger partial charge in [0, 0.05) is 7.11 Å². The van der Waals surface area contributed by atoms with Crippen LogP contribution in [-0.4, -0.2) is 32.1 Å². The molecule has 0 aliphatic rings. The zero-order valence-corrected chi connectivity index (χ0v) is 12.4. The van der Waals surface area contributed by atoms with Crippen LogP contribution in [0.1, 0.15) is 24.5 Å². The van der Waals surface area contributed by atoms with Gasteiger partial charge in [-0.2, -0.15) is 0 Å². The van der Waals surface area contributed by atoms with E-state index in [4.69, 9.17) is 9.47 Å². The summed E-state index contributed by atoms with van der Waals surface area (Å²) < 4.78 is 9.93. The van der Waals surface area contributed by atoms with Gasteiger partial charge in [-0.1, -0.05) is 36.4 Å². The van der Waals surface area contributed by atoms with E-state index in [2.05, 4.69) is 11.9 Å². The van der Waals surface area contributed by atoms with Crippen LogP contribution in [0.3, 0.4) is 0 Å². The van der Waals surface area contributed by atoms with Crippen molar-refractivity contribution in [2.75, 3.05) is 14.2 Å². The fraction of sp³-hybridized carbons (Fsp3) is 0.375. The molecule has 0 unspecified atom stereocenters. The van der Waals surface area contributed by atoms with E-state index in [0.717, 1.165) is 5.56 Å². The van der Waals surface area contributed by atoms with E-state index in [9.17, 15) is 9.59 Å². The molecule has 1 amide bonds. The van der Waals surface area contributed by atoms with Crippen molar-refractivity contribution in [1.29, 1.82) is 0 Å². The van der Waals surface area contributed by atoms with Gasteiger partial charge in [-0.15, -0.1) is 6.58 Å². The van der Waals surface area contributed by atoms with Crippen LogP contribution in [0, 0.1) is 0 Å². The summed E-state index contributed by atoms with van der Waals surface area (Å²) in [5.41, 5.74) is 0.727. The van der Waals surface area contributed by atoms with Gasteiger partial charge in [-0.05, 0) is 18.4 Å². The minimum Gasteiger partial charge on any atom is -0.467 e. The zero-order valence-electron chi connectivity index (χ0n) is 12.4. The van der Waals surface area contributed by atoms with Crippen molar-refractivity contribution in [2.45, 2.75) is 25.0 Å². The zero-order chi connectivity index (χ0) is 15.7. The SMILES string of the molecule is C=CCC[C@@H](NC(=O)[C@H](OC)c1ccccc1)C(=O)OC. The van der Waals surface area contributed by atoms with Gasteiger partial charge in [-0.3, -0.25) is 4.79 Å². The molecule has 0 aliphatic carbocycles. The number of benzene rings is 1. The molecule has 0 bridgehead atoms. The third-order valence-electron chi connectivity index (χ3n) is 3.04. The highest BCUT2D eigenvalue weighted by Gasteiger charge is 2.26. The van der Waals surface area contributed by atoms with Gasteiger partial charge >= 0.3 is 5.97 Å². The van der Waals surface area contributed by atoms with Crippen LogP contribution < -0.4 is 5.32 Å². The maximum Gasteiger partial charge on any atom is 0.328 e. The smallest absolute Gasteiger partial charge is 0.328 e. The van der Waals surface area contributed by atoms with Gasteiger partial charge in [0.2, 0.25) is 0 Å². The van der Waals surface area contributed by atoms with Crippen LogP contribution in [-0.2, 0) is 19.1 Å². The lowest BCUT2D eigenvalue weighted by molar-refractivity contribution is -0.147. The maximum absolute atomic E-state index is 12.3. The minimum absolute atomic E-state index is 0.372. The number of esters is 1. The summed E-state index contributed by atoms with van der Waals surface area (Å²) in [6.45, 7) is 3.61. The third-order valence-corrected chi connectivity index (χ3v) is 3.04. The van der Waals surface area contributed by atoms with E-state index in [1.54, 1.807) is 18.2 Å². The highest BCUT2D eigenvalue weighted by molar-refractivity contribution is 5.87. The summed E-state index contributed by atoms with van der Waals surface area (Å²) >= 11 is 0. The number of hydrogen-bond donors (Lipinski definition) is 1. The number of nitrogens with one attached hydrogen (secondary N) is 1. The van der Waals surface area contributed by atoms with Crippen molar-refractivity contribution in [3.05, 3.63) is 48.6 Å². The molecule has 0 saturated carbocycles. The largest absolute Gasteiger partial charge is 0.467 e. The Kier molecular flexibility index (Phi) is 7.18. The Labute approximate surface area is 124 Å². The van der Waals surface area contributed by atoms with Crippen molar-refractivity contribution in [2.24, 2.45) is 0 Å². The summed E-state index contributed by atoms with van der Waals surface area (Å²) in [5.74, 6) is -0.851. The summed E-state index contributed by atoms with van der Waals surface area (Å²) in [5, 5.41) is 2.67. The summed E-state index contributed by atoms with van der Waals surface area (Å²) in [6, 6.07) is 8.39. The summed E-state index contributed by atoms with van der Waals surface area (Å²) in [7, 11) is 2.74. The lowest BCUT2D eigenvalue weighted by Crippen LogP contribution is -2.43. The Morgan fingerprint density at radius 2 is 1.95 bits per heavy atom. The molecule has 0 fully saturated rings. The van der Waals surface area contributed by atoms with Crippen LogP contribution >= 0.6 is 0 Å². The first kappa shape index (κ1) is 16.9. The second kappa shape index (κ2) is 8.92. The Morgan fingerprint density at radius 1 is 1.29 bits per heavy atom. The highest BCUT2D eigenvalue weighted by atomic mass is 16.5. The predicted molar refractivity (Wildman–Crippen MR) is 79.6 cm³/mol. The molecule has 1 aromatic carbocycles. The second-order valence-electron chi connectivity index (χ2n) is 4.48. The molecule has 0 radical (unpaired) electrons. The topological polar surface area (TPSA) is 64.6 Å². The van der Waals surface area contributed by atoms with Crippen molar-refractivity contribution in [3.8, 4) is 0 Å². The molecule has 114 valence electrons. The molecule has 0 saturated heterocycles. The molecule has 21 heavy (non-hydrogen) atoms. The lowest BCUT2D eigenvalue weighted by Gasteiger charge is -2.20. The quantitative estimate of drug-likeness (QED) is 0.588. The number of hydrogen-bond acceptors (Lipinski definition) is 4. The number of amides is 1. The van der Waals surface area contributed by atoms with Gasteiger partial charge in [-0.25, -0.2) is 4.79 Å². The van der Waals surface area contributed by atoms with Gasteiger partial charge < -0.3 is 14.8 Å². The van der Waals surface area contributed by atoms with E-state index >= 15 is 0 Å². The number of allylic oxidation sites excluding steroid dienone is 1. The molecule has 5 nitrogen and oxygen atoms in total. The van der Waals surface area contributed by atoms with Crippen molar-refractivity contribution < 1.29 is 19.1 Å². The first-order valence-corrected chi connectivity index (χ1v) is 6.70. The van der Waals surface area contributed by atoms with Crippen molar-refractivity contribution in [1.82, 2.24) is 5.32 Å². The van der Waals surface area contributed by atoms with E-state index < -0.39 is 18.1 Å². The molecule has 0 spiro atoms. The van der Waals surface area contributed by atoms with Crippen LogP contribution in [0.4, 0.5) is 0 Å². The molecule has 1 aromatic rings. The minimum atomic E-state index is -0.762. The van der Waals surface area contributed by atoms with E-state index in [-0.39, 0.29) is 5.91 Å². The second-order valence-corrected chi connectivity index (χ2v) is 4.48. The van der Waals surface area contributed by atoms with Crippen LogP contribution in [0.15, 0.2) is 43.0 Å². The van der Waals surface area contributed by atoms with Gasteiger partial charge in [0.1, 0.15) is 6.04 Å².